The fraction of sp³-hybridized carbons (Fsp3) is 0.308. The minimum atomic E-state index is -4.34. The first kappa shape index (κ1) is 25.6. The standard InChI is InChI=1S/C26H27F3N8O/c27-26(28,29)20-3-4-22-19(11-20)12-21(34-22)16-30-6-1-2-9-38-10-8-31-23-13-18(17-5-7-32-33-15-17)14-24-25(23)36-37-35-24/h3-5,7,11-15,30-31,34H,1-2,6,8-10,16H2,(H,35,36,37). The van der Waals surface area contributed by atoms with Gasteiger partial charge < -0.3 is 20.4 Å². The number of alkyl halides is 3. The van der Waals surface area contributed by atoms with Gasteiger partial charge in [-0.2, -0.15) is 23.4 Å². The van der Waals surface area contributed by atoms with E-state index in [0.29, 0.717) is 37.2 Å². The molecule has 4 N–H and O–H groups in total. The molecule has 3 aromatic heterocycles. The van der Waals surface area contributed by atoms with E-state index >= 15 is 0 Å². The second kappa shape index (κ2) is 11.6. The number of benzene rings is 2. The lowest BCUT2D eigenvalue weighted by molar-refractivity contribution is -0.137. The average Bonchev–Trinajstić information content (AvgIpc) is 3.56. The molecule has 3 heterocycles. The molecular formula is C26H27F3N8O. The van der Waals surface area contributed by atoms with Gasteiger partial charge in [0.15, 0.2) is 0 Å². The van der Waals surface area contributed by atoms with Crippen molar-refractivity contribution < 1.29 is 17.9 Å². The van der Waals surface area contributed by atoms with Gasteiger partial charge in [0, 0.05) is 41.9 Å². The molecule has 38 heavy (non-hydrogen) atoms. The van der Waals surface area contributed by atoms with Crippen molar-refractivity contribution in [3.63, 3.8) is 0 Å². The Bertz CT molecular complexity index is 1480. The van der Waals surface area contributed by atoms with Gasteiger partial charge in [0.1, 0.15) is 5.52 Å². The van der Waals surface area contributed by atoms with Gasteiger partial charge >= 0.3 is 6.18 Å². The molecule has 0 saturated heterocycles. The van der Waals surface area contributed by atoms with Crippen LogP contribution in [0.2, 0.25) is 0 Å². The summed E-state index contributed by atoms with van der Waals surface area (Å²) in [4.78, 5) is 3.16. The summed E-state index contributed by atoms with van der Waals surface area (Å²) >= 11 is 0. The lowest BCUT2D eigenvalue weighted by Gasteiger charge is -2.10. The Kier molecular flexibility index (Phi) is 7.80. The number of hydrogen-bond acceptors (Lipinski definition) is 7. The van der Waals surface area contributed by atoms with Gasteiger partial charge in [-0.15, -0.1) is 5.10 Å². The highest BCUT2D eigenvalue weighted by atomic mass is 19.4. The molecule has 5 aromatic rings. The number of halogens is 3. The Morgan fingerprint density at radius 3 is 2.66 bits per heavy atom. The number of aromatic nitrogens is 6. The molecule has 198 valence electrons. The summed E-state index contributed by atoms with van der Waals surface area (Å²) in [5, 5.41) is 26.0. The minimum absolute atomic E-state index is 0.544. The molecule has 0 aliphatic heterocycles. The molecule has 0 amide bonds. The van der Waals surface area contributed by atoms with E-state index in [2.05, 4.69) is 41.2 Å². The van der Waals surface area contributed by atoms with Crippen LogP contribution in [0.1, 0.15) is 24.1 Å². The summed E-state index contributed by atoms with van der Waals surface area (Å²) in [5.41, 5.74) is 5.29. The van der Waals surface area contributed by atoms with Crippen LogP contribution >= 0.6 is 0 Å². The third kappa shape index (κ3) is 6.26. The number of aromatic amines is 2. The van der Waals surface area contributed by atoms with Gasteiger partial charge in [-0.25, -0.2) is 0 Å². The minimum Gasteiger partial charge on any atom is -0.381 e. The zero-order valence-electron chi connectivity index (χ0n) is 20.5. The SMILES string of the molecule is FC(F)(F)c1ccc2[nH]c(CNCCCCOCCNc3cc(-c4ccnnc4)cc4[nH]nnc34)cc2c1. The van der Waals surface area contributed by atoms with Crippen molar-refractivity contribution in [2.45, 2.75) is 25.6 Å². The van der Waals surface area contributed by atoms with Crippen LogP contribution in [0.5, 0.6) is 0 Å². The smallest absolute Gasteiger partial charge is 0.381 e. The van der Waals surface area contributed by atoms with Gasteiger partial charge in [-0.1, -0.05) is 5.21 Å². The van der Waals surface area contributed by atoms with Crippen molar-refractivity contribution in [2.75, 3.05) is 31.6 Å². The number of fused-ring (bicyclic) bond motifs is 2. The molecule has 9 nitrogen and oxygen atoms in total. The van der Waals surface area contributed by atoms with Crippen molar-refractivity contribution in [2.24, 2.45) is 0 Å². The number of rotatable bonds is 12. The summed E-state index contributed by atoms with van der Waals surface area (Å²) in [5.74, 6) is 0. The lowest BCUT2D eigenvalue weighted by atomic mass is 10.1. The van der Waals surface area contributed by atoms with Crippen LogP contribution in [-0.4, -0.2) is 56.9 Å². The number of ether oxygens (including phenoxy) is 1. The van der Waals surface area contributed by atoms with Gasteiger partial charge in [-0.3, -0.25) is 5.10 Å². The van der Waals surface area contributed by atoms with E-state index in [4.69, 9.17) is 4.74 Å². The summed E-state index contributed by atoms with van der Waals surface area (Å²) < 4.78 is 44.4. The Morgan fingerprint density at radius 2 is 1.82 bits per heavy atom. The number of nitrogens with zero attached hydrogens (tertiary/aromatic N) is 4. The molecular weight excluding hydrogens is 497 g/mol. The molecule has 0 radical (unpaired) electrons. The van der Waals surface area contributed by atoms with E-state index in [1.165, 1.54) is 12.1 Å². The van der Waals surface area contributed by atoms with E-state index < -0.39 is 11.7 Å². The van der Waals surface area contributed by atoms with Crippen LogP contribution in [0, 0.1) is 0 Å². The monoisotopic (exact) mass is 524 g/mol. The largest absolute Gasteiger partial charge is 0.416 e. The highest BCUT2D eigenvalue weighted by Crippen LogP contribution is 2.31. The maximum atomic E-state index is 12.9. The topological polar surface area (TPSA) is 116 Å². The van der Waals surface area contributed by atoms with E-state index in [-0.39, 0.29) is 0 Å². The van der Waals surface area contributed by atoms with Crippen molar-refractivity contribution in [1.29, 1.82) is 0 Å². The highest BCUT2D eigenvalue weighted by molar-refractivity contribution is 5.92. The normalized spacial score (nSPS) is 12.0. The first-order chi connectivity index (χ1) is 18.5. The Labute approximate surface area is 216 Å². The van der Waals surface area contributed by atoms with Gasteiger partial charge in [-0.05, 0) is 67.4 Å². The van der Waals surface area contributed by atoms with Gasteiger partial charge in [0.2, 0.25) is 0 Å². The molecule has 0 saturated carbocycles. The van der Waals surface area contributed by atoms with E-state index in [1.807, 2.05) is 18.2 Å². The van der Waals surface area contributed by atoms with Crippen LogP contribution in [0.25, 0.3) is 33.1 Å². The van der Waals surface area contributed by atoms with Crippen molar-refractivity contribution in [3.05, 3.63) is 66.1 Å². The van der Waals surface area contributed by atoms with Crippen LogP contribution in [-0.2, 0) is 17.5 Å². The van der Waals surface area contributed by atoms with Crippen LogP contribution < -0.4 is 10.6 Å². The van der Waals surface area contributed by atoms with Gasteiger partial charge in [0.05, 0.1) is 35.8 Å². The summed E-state index contributed by atoms with van der Waals surface area (Å²) in [7, 11) is 0. The average molecular weight is 525 g/mol. The predicted octanol–water partition coefficient (Wildman–Crippen LogP) is 4.91. The fourth-order valence-corrected chi connectivity index (χ4v) is 4.22. The zero-order chi connectivity index (χ0) is 26.4. The first-order valence-corrected chi connectivity index (χ1v) is 12.3. The number of nitrogens with one attached hydrogen (secondary N) is 4. The Balaban J connectivity index is 0.994. The molecule has 12 heteroatoms. The van der Waals surface area contributed by atoms with E-state index in [1.54, 1.807) is 18.5 Å². The third-order valence-electron chi connectivity index (χ3n) is 6.12. The van der Waals surface area contributed by atoms with Crippen LogP contribution in [0.3, 0.4) is 0 Å². The molecule has 0 aliphatic carbocycles. The van der Waals surface area contributed by atoms with E-state index in [9.17, 15) is 13.2 Å². The Hall–Kier alpha value is -4.03. The molecule has 0 bridgehead atoms. The number of unbranched alkanes of at least 4 members (excludes halogenated alkanes) is 1. The molecule has 0 spiro atoms. The van der Waals surface area contributed by atoms with Gasteiger partial charge in [0.25, 0.3) is 0 Å². The van der Waals surface area contributed by atoms with Crippen molar-refractivity contribution in [3.8, 4) is 11.1 Å². The van der Waals surface area contributed by atoms with Crippen molar-refractivity contribution >= 4 is 27.6 Å². The quantitative estimate of drug-likeness (QED) is 0.171. The molecule has 0 atom stereocenters. The highest BCUT2D eigenvalue weighted by Gasteiger charge is 2.30. The lowest BCUT2D eigenvalue weighted by Crippen LogP contribution is -2.16. The maximum absolute atomic E-state index is 12.9. The number of anilines is 1. The summed E-state index contributed by atoms with van der Waals surface area (Å²) in [6.45, 7) is 3.15. The second-order valence-corrected chi connectivity index (χ2v) is 8.88. The third-order valence-corrected chi connectivity index (χ3v) is 6.12. The first-order valence-electron chi connectivity index (χ1n) is 12.3. The summed E-state index contributed by atoms with van der Waals surface area (Å²) in [6, 6.07) is 11.4. The number of H-pyrrole nitrogens is 2. The number of hydrogen-bond donors (Lipinski definition) is 4. The summed E-state index contributed by atoms with van der Waals surface area (Å²) in [6.07, 6.45) is 0.842. The molecule has 2 aromatic carbocycles. The maximum Gasteiger partial charge on any atom is 0.416 e. The van der Waals surface area contributed by atoms with Crippen LogP contribution in [0.4, 0.5) is 18.9 Å². The Morgan fingerprint density at radius 1 is 0.895 bits per heavy atom. The molecule has 0 fully saturated rings. The van der Waals surface area contributed by atoms with Crippen molar-refractivity contribution in [1.82, 2.24) is 35.9 Å². The van der Waals surface area contributed by atoms with Crippen LogP contribution in [0.15, 0.2) is 54.9 Å². The fourth-order valence-electron chi connectivity index (χ4n) is 4.22. The van der Waals surface area contributed by atoms with E-state index in [0.717, 1.165) is 59.0 Å². The molecule has 0 unspecified atom stereocenters. The second-order valence-electron chi connectivity index (χ2n) is 8.88. The zero-order valence-corrected chi connectivity index (χ0v) is 20.5. The molecule has 5 rings (SSSR count). The predicted molar refractivity (Wildman–Crippen MR) is 138 cm³/mol. The molecule has 0 aliphatic rings.